The van der Waals surface area contributed by atoms with E-state index in [0.717, 1.165) is 17.3 Å². The predicted octanol–water partition coefficient (Wildman–Crippen LogP) is 4.32. The van der Waals surface area contributed by atoms with Crippen LogP contribution in [0.1, 0.15) is 10.4 Å². The fourth-order valence-corrected chi connectivity index (χ4v) is 2.40. The minimum Gasteiger partial charge on any atom is -0.380 e. The molecule has 0 amide bonds. The zero-order chi connectivity index (χ0) is 10.7. The molecule has 15 heavy (non-hydrogen) atoms. The Bertz CT molecular complexity index is 450. The fourth-order valence-electron chi connectivity index (χ4n) is 1.39. The van der Waals surface area contributed by atoms with E-state index in [1.165, 1.54) is 10.4 Å². The molecule has 0 aliphatic rings. The van der Waals surface area contributed by atoms with Crippen LogP contribution >= 0.6 is 22.9 Å². The van der Waals surface area contributed by atoms with Crippen molar-refractivity contribution in [2.24, 2.45) is 0 Å². The molecule has 2 rings (SSSR count). The third-order valence-electron chi connectivity index (χ3n) is 2.11. The molecule has 0 spiro atoms. The number of hydrogen-bond acceptors (Lipinski definition) is 2. The van der Waals surface area contributed by atoms with Gasteiger partial charge in [0.25, 0.3) is 0 Å². The lowest BCUT2D eigenvalue weighted by Gasteiger charge is -2.05. The summed E-state index contributed by atoms with van der Waals surface area (Å²) in [7, 11) is 0. The van der Waals surface area contributed by atoms with Crippen LogP contribution in [0.2, 0.25) is 5.02 Å². The molecule has 0 fully saturated rings. The van der Waals surface area contributed by atoms with Gasteiger partial charge in [0.2, 0.25) is 0 Å². The van der Waals surface area contributed by atoms with Crippen molar-refractivity contribution >= 4 is 28.6 Å². The maximum absolute atomic E-state index is 5.85. The van der Waals surface area contributed by atoms with E-state index in [4.69, 9.17) is 11.6 Å². The SMILES string of the molecule is Cc1cccc(NCc2cc(Cl)cs2)c1. The number of nitrogens with one attached hydrogen (secondary N) is 1. The van der Waals surface area contributed by atoms with Crippen molar-refractivity contribution in [3.63, 3.8) is 0 Å². The highest BCUT2D eigenvalue weighted by Gasteiger charge is 1.97. The number of benzene rings is 1. The summed E-state index contributed by atoms with van der Waals surface area (Å²) in [5.41, 5.74) is 2.42. The molecule has 0 radical (unpaired) electrons. The molecule has 0 aliphatic heterocycles. The summed E-state index contributed by atoms with van der Waals surface area (Å²) >= 11 is 7.53. The predicted molar refractivity (Wildman–Crippen MR) is 67.8 cm³/mol. The van der Waals surface area contributed by atoms with Crippen molar-refractivity contribution in [2.45, 2.75) is 13.5 Å². The Morgan fingerprint density at radius 1 is 1.33 bits per heavy atom. The summed E-state index contributed by atoms with van der Waals surface area (Å²) in [5.74, 6) is 0. The largest absolute Gasteiger partial charge is 0.380 e. The van der Waals surface area contributed by atoms with Gasteiger partial charge in [0.05, 0.1) is 5.02 Å². The summed E-state index contributed by atoms with van der Waals surface area (Å²) in [6.07, 6.45) is 0. The second-order valence-electron chi connectivity index (χ2n) is 3.45. The van der Waals surface area contributed by atoms with Crippen LogP contribution in [0.25, 0.3) is 0 Å². The van der Waals surface area contributed by atoms with Crippen LogP contribution in [0.4, 0.5) is 5.69 Å². The van der Waals surface area contributed by atoms with Crippen LogP contribution in [0.5, 0.6) is 0 Å². The molecule has 78 valence electrons. The van der Waals surface area contributed by atoms with Gasteiger partial charge in [-0.3, -0.25) is 0 Å². The van der Waals surface area contributed by atoms with Gasteiger partial charge in [-0.15, -0.1) is 11.3 Å². The number of hydrogen-bond donors (Lipinski definition) is 1. The minimum atomic E-state index is 0.820. The van der Waals surface area contributed by atoms with Crippen LogP contribution < -0.4 is 5.32 Å². The third-order valence-corrected chi connectivity index (χ3v) is 3.39. The Morgan fingerprint density at radius 3 is 2.87 bits per heavy atom. The zero-order valence-corrected chi connectivity index (χ0v) is 10.0. The quantitative estimate of drug-likeness (QED) is 0.838. The van der Waals surface area contributed by atoms with Crippen LogP contribution in [-0.2, 0) is 6.54 Å². The third kappa shape index (κ3) is 2.98. The maximum Gasteiger partial charge on any atom is 0.0516 e. The standard InChI is InChI=1S/C12H12ClNS/c1-9-3-2-4-11(5-9)14-7-12-6-10(13)8-15-12/h2-6,8,14H,7H2,1H3. The molecular weight excluding hydrogens is 226 g/mol. The Labute approximate surface area is 98.7 Å². The number of rotatable bonds is 3. The summed E-state index contributed by atoms with van der Waals surface area (Å²) in [4.78, 5) is 1.25. The number of thiophene rings is 1. The summed E-state index contributed by atoms with van der Waals surface area (Å²) in [6.45, 7) is 2.92. The van der Waals surface area contributed by atoms with Gasteiger partial charge < -0.3 is 5.32 Å². The molecule has 0 atom stereocenters. The van der Waals surface area contributed by atoms with E-state index >= 15 is 0 Å². The molecule has 1 nitrogen and oxygen atoms in total. The molecule has 1 N–H and O–H groups in total. The van der Waals surface area contributed by atoms with Crippen molar-refractivity contribution in [3.8, 4) is 0 Å². The van der Waals surface area contributed by atoms with Gasteiger partial charge >= 0.3 is 0 Å². The Morgan fingerprint density at radius 2 is 2.20 bits per heavy atom. The minimum absolute atomic E-state index is 0.820. The molecule has 1 heterocycles. The Balaban J connectivity index is 1.99. The molecule has 2 aromatic rings. The normalized spacial score (nSPS) is 10.3. The maximum atomic E-state index is 5.85. The lowest BCUT2D eigenvalue weighted by atomic mass is 10.2. The second-order valence-corrected chi connectivity index (χ2v) is 4.89. The van der Waals surface area contributed by atoms with Gasteiger partial charge in [0.1, 0.15) is 0 Å². The van der Waals surface area contributed by atoms with Crippen LogP contribution in [0, 0.1) is 6.92 Å². The molecule has 0 saturated carbocycles. The van der Waals surface area contributed by atoms with E-state index in [0.29, 0.717) is 0 Å². The lowest BCUT2D eigenvalue weighted by Crippen LogP contribution is -1.96. The first-order valence-electron chi connectivity index (χ1n) is 4.77. The van der Waals surface area contributed by atoms with E-state index in [9.17, 15) is 0 Å². The van der Waals surface area contributed by atoms with Crippen molar-refractivity contribution in [3.05, 3.63) is 51.2 Å². The second kappa shape index (κ2) is 4.69. The first kappa shape index (κ1) is 10.5. The molecule has 3 heteroatoms. The summed E-state index contributed by atoms with van der Waals surface area (Å²) < 4.78 is 0. The Hall–Kier alpha value is -0.990. The lowest BCUT2D eigenvalue weighted by molar-refractivity contribution is 1.19. The number of halogens is 1. The Kier molecular flexibility index (Phi) is 3.29. The summed E-state index contributed by atoms with van der Waals surface area (Å²) in [6, 6.07) is 10.3. The van der Waals surface area contributed by atoms with E-state index < -0.39 is 0 Å². The van der Waals surface area contributed by atoms with Gasteiger partial charge in [0.15, 0.2) is 0 Å². The van der Waals surface area contributed by atoms with Gasteiger partial charge in [-0.05, 0) is 30.7 Å². The number of aryl methyl sites for hydroxylation is 1. The monoisotopic (exact) mass is 237 g/mol. The molecule has 1 aromatic heterocycles. The molecule has 0 unspecified atom stereocenters. The van der Waals surface area contributed by atoms with Crippen molar-refractivity contribution < 1.29 is 0 Å². The van der Waals surface area contributed by atoms with Crippen molar-refractivity contribution in [1.29, 1.82) is 0 Å². The molecule has 0 saturated heterocycles. The summed E-state index contributed by atoms with van der Waals surface area (Å²) in [5, 5.41) is 6.14. The average Bonchev–Trinajstić information content (AvgIpc) is 2.62. The smallest absolute Gasteiger partial charge is 0.0516 e. The first-order chi connectivity index (χ1) is 7.24. The van der Waals surface area contributed by atoms with Gasteiger partial charge in [-0.25, -0.2) is 0 Å². The van der Waals surface area contributed by atoms with Crippen LogP contribution in [0.3, 0.4) is 0 Å². The van der Waals surface area contributed by atoms with Crippen LogP contribution in [0.15, 0.2) is 35.7 Å². The number of anilines is 1. The first-order valence-corrected chi connectivity index (χ1v) is 6.03. The van der Waals surface area contributed by atoms with Gasteiger partial charge in [-0.2, -0.15) is 0 Å². The van der Waals surface area contributed by atoms with Crippen LogP contribution in [-0.4, -0.2) is 0 Å². The average molecular weight is 238 g/mol. The molecule has 0 bridgehead atoms. The zero-order valence-electron chi connectivity index (χ0n) is 8.46. The highest BCUT2D eigenvalue weighted by molar-refractivity contribution is 7.10. The van der Waals surface area contributed by atoms with E-state index in [2.05, 4.69) is 36.5 Å². The van der Waals surface area contributed by atoms with Crippen molar-refractivity contribution in [2.75, 3.05) is 5.32 Å². The highest BCUT2D eigenvalue weighted by atomic mass is 35.5. The highest BCUT2D eigenvalue weighted by Crippen LogP contribution is 2.20. The van der Waals surface area contributed by atoms with Crippen molar-refractivity contribution in [1.82, 2.24) is 0 Å². The fraction of sp³-hybridized carbons (Fsp3) is 0.167. The van der Waals surface area contributed by atoms with E-state index in [1.807, 2.05) is 11.4 Å². The van der Waals surface area contributed by atoms with E-state index in [-0.39, 0.29) is 0 Å². The molecule has 1 aromatic carbocycles. The molecule has 0 aliphatic carbocycles. The topological polar surface area (TPSA) is 12.0 Å². The molecular formula is C12H12ClNS. The van der Waals surface area contributed by atoms with Gasteiger partial charge in [0, 0.05) is 22.5 Å². The van der Waals surface area contributed by atoms with Gasteiger partial charge in [-0.1, -0.05) is 23.7 Å². The van der Waals surface area contributed by atoms with E-state index in [1.54, 1.807) is 11.3 Å².